The highest BCUT2D eigenvalue weighted by molar-refractivity contribution is 5.88. The molecule has 0 bridgehead atoms. The Kier molecular flexibility index (Phi) is 7.28. The third kappa shape index (κ3) is 5.83. The lowest BCUT2D eigenvalue weighted by molar-refractivity contribution is -0.140. The average molecular weight is 395 g/mol. The van der Waals surface area contributed by atoms with Crippen LogP contribution in [0.2, 0.25) is 0 Å². The number of ether oxygens (including phenoxy) is 1. The molecule has 1 fully saturated rings. The number of nitrogens with one attached hydrogen (secondary N) is 1. The first kappa shape index (κ1) is 20.9. The summed E-state index contributed by atoms with van der Waals surface area (Å²) in [4.78, 5) is 27.7. The van der Waals surface area contributed by atoms with Crippen LogP contribution in [0.3, 0.4) is 0 Å². The average Bonchev–Trinajstić information content (AvgIpc) is 3.25. The molecule has 5 heteroatoms. The second-order valence-electron chi connectivity index (χ2n) is 7.70. The molecule has 29 heavy (non-hydrogen) atoms. The summed E-state index contributed by atoms with van der Waals surface area (Å²) in [6.45, 7) is 2.23. The topological polar surface area (TPSA) is 58.6 Å². The summed E-state index contributed by atoms with van der Waals surface area (Å²) >= 11 is 0. The first-order valence-electron chi connectivity index (χ1n) is 10.3. The van der Waals surface area contributed by atoms with Crippen LogP contribution in [0.4, 0.5) is 0 Å². The smallest absolute Gasteiger partial charge is 0.242 e. The molecule has 1 saturated carbocycles. The molecule has 5 nitrogen and oxygen atoms in total. The van der Waals surface area contributed by atoms with Crippen molar-refractivity contribution in [1.29, 1.82) is 0 Å². The van der Waals surface area contributed by atoms with Crippen molar-refractivity contribution in [2.24, 2.45) is 0 Å². The largest absolute Gasteiger partial charge is 0.497 e. The van der Waals surface area contributed by atoms with Crippen molar-refractivity contribution in [3.05, 3.63) is 65.7 Å². The first-order chi connectivity index (χ1) is 14.1. The molecular weight excluding hydrogens is 364 g/mol. The molecule has 0 spiro atoms. The summed E-state index contributed by atoms with van der Waals surface area (Å²) in [5.74, 6) is 0.621. The van der Waals surface area contributed by atoms with Crippen molar-refractivity contribution < 1.29 is 14.3 Å². The Morgan fingerprint density at radius 3 is 2.31 bits per heavy atom. The Labute approximate surface area is 173 Å². The maximum absolute atomic E-state index is 13.2. The standard InChI is InChI=1S/C24H30N2O3/c1-18(24(28)25-21-10-6-7-11-21)26(17-20-8-4-3-5-9-20)23(27)16-19-12-14-22(29-2)15-13-19/h3-5,8-9,12-15,18,21H,6-7,10-11,16-17H2,1-2H3,(H,25,28)/t18-/m1/s1. The Morgan fingerprint density at radius 1 is 1.03 bits per heavy atom. The van der Waals surface area contributed by atoms with Gasteiger partial charge in [-0.1, -0.05) is 55.3 Å². The summed E-state index contributed by atoms with van der Waals surface area (Å²) in [6.07, 6.45) is 4.61. The van der Waals surface area contributed by atoms with Crippen LogP contribution < -0.4 is 10.1 Å². The second-order valence-corrected chi connectivity index (χ2v) is 7.70. The van der Waals surface area contributed by atoms with Gasteiger partial charge in [-0.25, -0.2) is 0 Å². The normalized spacial score (nSPS) is 15.0. The van der Waals surface area contributed by atoms with Crippen LogP contribution in [0.5, 0.6) is 5.75 Å². The number of hydrogen-bond acceptors (Lipinski definition) is 3. The number of hydrogen-bond donors (Lipinski definition) is 1. The van der Waals surface area contributed by atoms with Gasteiger partial charge >= 0.3 is 0 Å². The number of carbonyl (C=O) groups is 2. The Bertz CT molecular complexity index is 799. The Morgan fingerprint density at radius 2 is 1.69 bits per heavy atom. The van der Waals surface area contributed by atoms with Gasteiger partial charge in [0.25, 0.3) is 0 Å². The third-order valence-corrected chi connectivity index (χ3v) is 5.58. The van der Waals surface area contributed by atoms with Crippen molar-refractivity contribution in [3.8, 4) is 5.75 Å². The van der Waals surface area contributed by atoms with E-state index in [0.717, 1.165) is 42.6 Å². The van der Waals surface area contributed by atoms with Gasteiger partial charge in [0.2, 0.25) is 11.8 Å². The highest BCUT2D eigenvalue weighted by Gasteiger charge is 2.28. The van der Waals surface area contributed by atoms with Gasteiger partial charge in [-0.3, -0.25) is 9.59 Å². The number of nitrogens with zero attached hydrogens (tertiary/aromatic N) is 1. The molecule has 0 heterocycles. The highest BCUT2D eigenvalue weighted by atomic mass is 16.5. The zero-order chi connectivity index (χ0) is 20.6. The molecule has 0 radical (unpaired) electrons. The van der Waals surface area contributed by atoms with Gasteiger partial charge in [-0.05, 0) is 43.0 Å². The lowest BCUT2D eigenvalue weighted by Gasteiger charge is -2.30. The lowest BCUT2D eigenvalue weighted by Crippen LogP contribution is -2.50. The number of amides is 2. The fourth-order valence-corrected chi connectivity index (χ4v) is 3.77. The van der Waals surface area contributed by atoms with Gasteiger partial charge < -0.3 is 15.0 Å². The Balaban J connectivity index is 1.73. The van der Waals surface area contributed by atoms with E-state index < -0.39 is 6.04 Å². The minimum Gasteiger partial charge on any atom is -0.497 e. The van der Waals surface area contributed by atoms with Crippen molar-refractivity contribution in [3.63, 3.8) is 0 Å². The zero-order valence-corrected chi connectivity index (χ0v) is 17.3. The van der Waals surface area contributed by atoms with Gasteiger partial charge in [0.1, 0.15) is 11.8 Å². The van der Waals surface area contributed by atoms with Gasteiger partial charge in [-0.2, -0.15) is 0 Å². The van der Waals surface area contributed by atoms with E-state index in [-0.39, 0.29) is 24.3 Å². The van der Waals surface area contributed by atoms with Crippen LogP contribution in [0, 0.1) is 0 Å². The third-order valence-electron chi connectivity index (χ3n) is 5.58. The van der Waals surface area contributed by atoms with Crippen molar-refractivity contribution >= 4 is 11.8 Å². The van der Waals surface area contributed by atoms with E-state index in [1.807, 2.05) is 61.5 Å². The molecule has 1 aliphatic rings. The fourth-order valence-electron chi connectivity index (χ4n) is 3.77. The van der Waals surface area contributed by atoms with Crippen LogP contribution in [-0.2, 0) is 22.6 Å². The second kappa shape index (κ2) is 10.1. The quantitative estimate of drug-likeness (QED) is 0.742. The van der Waals surface area contributed by atoms with E-state index in [2.05, 4.69) is 5.32 Å². The molecule has 2 aromatic carbocycles. The van der Waals surface area contributed by atoms with Gasteiger partial charge in [0, 0.05) is 12.6 Å². The molecule has 0 aromatic heterocycles. The van der Waals surface area contributed by atoms with E-state index in [1.165, 1.54) is 0 Å². The molecule has 0 saturated heterocycles. The van der Waals surface area contributed by atoms with E-state index >= 15 is 0 Å². The van der Waals surface area contributed by atoms with Crippen LogP contribution in [-0.4, -0.2) is 35.9 Å². The number of benzene rings is 2. The minimum absolute atomic E-state index is 0.0620. The first-order valence-corrected chi connectivity index (χ1v) is 10.3. The van der Waals surface area contributed by atoms with Crippen molar-refractivity contribution in [2.45, 2.75) is 57.7 Å². The minimum atomic E-state index is -0.526. The molecule has 1 N–H and O–H groups in total. The highest BCUT2D eigenvalue weighted by Crippen LogP contribution is 2.19. The summed E-state index contributed by atoms with van der Waals surface area (Å²) in [5.41, 5.74) is 1.91. The van der Waals surface area contributed by atoms with Gasteiger partial charge in [0.05, 0.1) is 13.5 Å². The number of carbonyl (C=O) groups excluding carboxylic acids is 2. The number of methoxy groups -OCH3 is 1. The maximum Gasteiger partial charge on any atom is 0.242 e. The van der Waals surface area contributed by atoms with E-state index in [9.17, 15) is 9.59 Å². The van der Waals surface area contributed by atoms with Crippen LogP contribution in [0.25, 0.3) is 0 Å². The van der Waals surface area contributed by atoms with Crippen LogP contribution >= 0.6 is 0 Å². The summed E-state index contributed by atoms with van der Waals surface area (Å²) in [5, 5.41) is 3.13. The van der Waals surface area contributed by atoms with Crippen molar-refractivity contribution in [1.82, 2.24) is 10.2 Å². The van der Waals surface area contributed by atoms with Gasteiger partial charge in [0.15, 0.2) is 0 Å². The summed E-state index contributed by atoms with van der Waals surface area (Å²) in [6, 6.07) is 17.0. The van der Waals surface area contributed by atoms with E-state index in [0.29, 0.717) is 6.54 Å². The molecule has 0 unspecified atom stereocenters. The van der Waals surface area contributed by atoms with E-state index in [4.69, 9.17) is 4.74 Å². The summed E-state index contributed by atoms with van der Waals surface area (Å²) in [7, 11) is 1.62. The lowest BCUT2D eigenvalue weighted by atomic mass is 10.1. The zero-order valence-electron chi connectivity index (χ0n) is 17.3. The monoisotopic (exact) mass is 394 g/mol. The molecule has 1 aliphatic carbocycles. The maximum atomic E-state index is 13.2. The SMILES string of the molecule is COc1ccc(CC(=O)N(Cc2ccccc2)[C@H](C)C(=O)NC2CCCC2)cc1. The van der Waals surface area contributed by atoms with Crippen LogP contribution in [0.1, 0.15) is 43.7 Å². The Hall–Kier alpha value is -2.82. The molecule has 2 amide bonds. The molecular formula is C24H30N2O3. The predicted octanol–water partition coefficient (Wildman–Crippen LogP) is 3.71. The molecule has 2 aromatic rings. The molecule has 154 valence electrons. The number of rotatable bonds is 8. The van der Waals surface area contributed by atoms with Crippen LogP contribution in [0.15, 0.2) is 54.6 Å². The van der Waals surface area contributed by atoms with Gasteiger partial charge in [-0.15, -0.1) is 0 Å². The molecule has 3 rings (SSSR count). The van der Waals surface area contributed by atoms with Crippen molar-refractivity contribution in [2.75, 3.05) is 7.11 Å². The molecule has 1 atom stereocenters. The van der Waals surface area contributed by atoms with E-state index in [1.54, 1.807) is 12.0 Å². The summed E-state index contributed by atoms with van der Waals surface area (Å²) < 4.78 is 5.19. The molecule has 0 aliphatic heterocycles. The predicted molar refractivity (Wildman–Crippen MR) is 114 cm³/mol. The fraction of sp³-hybridized carbons (Fsp3) is 0.417.